The molecule has 2 N–H and O–H groups in total. The predicted molar refractivity (Wildman–Crippen MR) is 114 cm³/mol. The highest BCUT2D eigenvalue weighted by molar-refractivity contribution is 5.79. The van der Waals surface area contributed by atoms with Crippen molar-refractivity contribution >= 4 is 5.96 Å². The number of hydrogen-bond donors (Lipinski definition) is 2. The summed E-state index contributed by atoms with van der Waals surface area (Å²) in [6, 6.07) is 16.8. The summed E-state index contributed by atoms with van der Waals surface area (Å²) in [7, 11) is 1.81. The van der Waals surface area contributed by atoms with Crippen molar-refractivity contribution in [1.82, 2.24) is 10.6 Å². The lowest BCUT2D eigenvalue weighted by Crippen LogP contribution is -2.48. The molecule has 0 unspecified atom stereocenters. The zero-order valence-corrected chi connectivity index (χ0v) is 16.9. The first-order chi connectivity index (χ1) is 14.3. The highest BCUT2D eigenvalue weighted by atomic mass is 16.7. The minimum atomic E-state index is -0.0176. The molecule has 0 spiro atoms. The highest BCUT2D eigenvalue weighted by Crippen LogP contribution is 2.40. The second-order valence-electron chi connectivity index (χ2n) is 7.55. The first-order valence-electron chi connectivity index (χ1n) is 10.3. The van der Waals surface area contributed by atoms with Gasteiger partial charge in [0.15, 0.2) is 17.5 Å². The van der Waals surface area contributed by atoms with E-state index in [1.54, 1.807) is 0 Å². The van der Waals surface area contributed by atoms with E-state index in [4.69, 9.17) is 14.2 Å². The molecule has 0 aliphatic carbocycles. The number of benzene rings is 2. The average molecular weight is 396 g/mol. The molecule has 1 fully saturated rings. The molecule has 154 valence electrons. The Hall–Kier alpha value is -2.73. The van der Waals surface area contributed by atoms with Crippen LogP contribution in [0.15, 0.2) is 53.5 Å². The number of nitrogens with zero attached hydrogens (tertiary/aromatic N) is 1. The fourth-order valence-electron chi connectivity index (χ4n) is 4.00. The van der Waals surface area contributed by atoms with Crippen molar-refractivity contribution in [1.29, 1.82) is 0 Å². The van der Waals surface area contributed by atoms with Crippen molar-refractivity contribution in [2.75, 3.05) is 40.1 Å². The fourth-order valence-corrected chi connectivity index (χ4v) is 4.00. The van der Waals surface area contributed by atoms with Gasteiger partial charge in [0.2, 0.25) is 6.79 Å². The molecule has 0 saturated carbocycles. The summed E-state index contributed by atoms with van der Waals surface area (Å²) in [5.41, 5.74) is 2.56. The summed E-state index contributed by atoms with van der Waals surface area (Å²) in [4.78, 5) is 4.40. The summed E-state index contributed by atoms with van der Waals surface area (Å²) in [6.07, 6.45) is 2.88. The van der Waals surface area contributed by atoms with Crippen molar-refractivity contribution in [2.45, 2.75) is 24.7 Å². The molecule has 0 aromatic heterocycles. The Morgan fingerprint density at radius 2 is 1.79 bits per heavy atom. The fraction of sp³-hybridized carbons (Fsp3) is 0.435. The molecule has 2 aliphatic rings. The Kier molecular flexibility index (Phi) is 6.20. The van der Waals surface area contributed by atoms with Gasteiger partial charge in [-0.3, -0.25) is 4.99 Å². The van der Waals surface area contributed by atoms with E-state index >= 15 is 0 Å². The third kappa shape index (κ3) is 4.65. The van der Waals surface area contributed by atoms with Crippen LogP contribution >= 0.6 is 0 Å². The van der Waals surface area contributed by atoms with E-state index in [0.29, 0.717) is 6.79 Å². The van der Waals surface area contributed by atoms with E-state index in [1.165, 1.54) is 11.1 Å². The summed E-state index contributed by atoms with van der Waals surface area (Å²) in [6.45, 7) is 3.45. The maximum Gasteiger partial charge on any atom is 0.231 e. The Balaban J connectivity index is 1.40. The zero-order valence-electron chi connectivity index (χ0n) is 16.9. The third-order valence-electron chi connectivity index (χ3n) is 5.80. The van der Waals surface area contributed by atoms with E-state index in [9.17, 15) is 0 Å². The van der Waals surface area contributed by atoms with Gasteiger partial charge in [0.25, 0.3) is 0 Å². The quantitative estimate of drug-likeness (QED) is 0.582. The van der Waals surface area contributed by atoms with Gasteiger partial charge in [-0.1, -0.05) is 36.4 Å². The van der Waals surface area contributed by atoms with Crippen LogP contribution in [0.25, 0.3) is 0 Å². The molecular weight excluding hydrogens is 366 g/mol. The van der Waals surface area contributed by atoms with Crippen LogP contribution in [0.4, 0.5) is 0 Å². The maximum absolute atomic E-state index is 5.66. The van der Waals surface area contributed by atoms with Crippen molar-refractivity contribution in [3.05, 3.63) is 59.7 Å². The zero-order chi connectivity index (χ0) is 19.9. The lowest BCUT2D eigenvalue weighted by atomic mass is 9.74. The van der Waals surface area contributed by atoms with Gasteiger partial charge in [-0.25, -0.2) is 0 Å². The molecule has 2 heterocycles. The van der Waals surface area contributed by atoms with Crippen molar-refractivity contribution < 1.29 is 14.2 Å². The number of guanidine groups is 1. The van der Waals surface area contributed by atoms with Gasteiger partial charge in [-0.15, -0.1) is 0 Å². The molecule has 0 atom stereocenters. The van der Waals surface area contributed by atoms with Crippen molar-refractivity contribution in [3.63, 3.8) is 0 Å². The molecule has 6 heteroatoms. The Bertz CT molecular complexity index is 833. The predicted octanol–water partition coefficient (Wildman–Crippen LogP) is 2.87. The Morgan fingerprint density at radius 1 is 1.00 bits per heavy atom. The van der Waals surface area contributed by atoms with E-state index < -0.39 is 0 Å². The number of fused-ring (bicyclic) bond motifs is 1. The molecule has 0 amide bonds. The highest BCUT2D eigenvalue weighted by Gasteiger charge is 2.35. The van der Waals surface area contributed by atoms with Crippen LogP contribution in [0.5, 0.6) is 11.5 Å². The normalized spacial score (nSPS) is 17.8. The number of aliphatic imine (C=N–C) groups is 1. The van der Waals surface area contributed by atoms with Gasteiger partial charge in [0, 0.05) is 38.8 Å². The van der Waals surface area contributed by atoms with Crippen LogP contribution in [-0.4, -0.2) is 46.1 Å². The number of nitrogens with one attached hydrogen (secondary N) is 2. The van der Waals surface area contributed by atoms with Crippen LogP contribution < -0.4 is 20.1 Å². The molecule has 2 aliphatic heterocycles. The number of hydrogen-bond acceptors (Lipinski definition) is 4. The Labute approximate surface area is 172 Å². The van der Waals surface area contributed by atoms with Crippen molar-refractivity contribution in [2.24, 2.45) is 4.99 Å². The molecule has 1 saturated heterocycles. The van der Waals surface area contributed by atoms with Gasteiger partial charge in [0.1, 0.15) is 0 Å². The lowest BCUT2D eigenvalue weighted by Gasteiger charge is -2.38. The average Bonchev–Trinajstić information content (AvgIpc) is 3.25. The monoisotopic (exact) mass is 395 g/mol. The first kappa shape index (κ1) is 19.6. The Morgan fingerprint density at radius 3 is 2.59 bits per heavy atom. The van der Waals surface area contributed by atoms with Crippen LogP contribution in [0.1, 0.15) is 24.0 Å². The van der Waals surface area contributed by atoms with Crippen LogP contribution in [-0.2, 0) is 16.6 Å². The summed E-state index contributed by atoms with van der Waals surface area (Å²) < 4.78 is 16.7. The van der Waals surface area contributed by atoms with Crippen molar-refractivity contribution in [3.8, 4) is 11.5 Å². The smallest absolute Gasteiger partial charge is 0.231 e. The lowest BCUT2D eigenvalue weighted by molar-refractivity contribution is 0.0513. The van der Waals surface area contributed by atoms with Crippen LogP contribution in [0.3, 0.4) is 0 Å². The largest absolute Gasteiger partial charge is 0.454 e. The molecule has 0 radical (unpaired) electrons. The molecule has 29 heavy (non-hydrogen) atoms. The third-order valence-corrected chi connectivity index (χ3v) is 5.80. The molecule has 2 aromatic rings. The SMILES string of the molecule is CN=C(NCCc1ccccc1)NCC1(c2ccc3c(c2)OCO3)CCOCC1. The van der Waals surface area contributed by atoms with Gasteiger partial charge >= 0.3 is 0 Å². The maximum atomic E-state index is 5.66. The molecular formula is C23H29N3O3. The summed E-state index contributed by atoms with van der Waals surface area (Å²) >= 11 is 0. The molecule has 0 bridgehead atoms. The second-order valence-corrected chi connectivity index (χ2v) is 7.55. The van der Waals surface area contributed by atoms with Gasteiger partial charge in [0.05, 0.1) is 0 Å². The first-order valence-corrected chi connectivity index (χ1v) is 10.3. The molecule has 4 rings (SSSR count). The van der Waals surface area contributed by atoms with E-state index in [0.717, 1.165) is 63.0 Å². The van der Waals surface area contributed by atoms with Gasteiger partial charge < -0.3 is 24.8 Å². The van der Waals surface area contributed by atoms with E-state index in [-0.39, 0.29) is 5.41 Å². The minimum Gasteiger partial charge on any atom is -0.454 e. The standard InChI is InChI=1S/C23H29N3O3/c1-24-22(25-12-9-18-5-3-2-4-6-18)26-16-23(10-13-27-14-11-23)19-7-8-20-21(15-19)29-17-28-20/h2-8,15H,9-14,16-17H2,1H3,(H2,24,25,26). The van der Waals surface area contributed by atoms with E-state index in [2.05, 4.69) is 52.0 Å². The van der Waals surface area contributed by atoms with Gasteiger partial charge in [-0.05, 0) is 42.5 Å². The summed E-state index contributed by atoms with van der Waals surface area (Å²) in [5, 5.41) is 6.97. The number of ether oxygens (including phenoxy) is 3. The van der Waals surface area contributed by atoms with E-state index in [1.807, 2.05) is 19.2 Å². The molecule has 2 aromatic carbocycles. The number of rotatable bonds is 6. The van der Waals surface area contributed by atoms with Crippen LogP contribution in [0, 0.1) is 0 Å². The van der Waals surface area contributed by atoms with Crippen LogP contribution in [0.2, 0.25) is 0 Å². The summed E-state index contributed by atoms with van der Waals surface area (Å²) in [5.74, 6) is 2.48. The molecule has 6 nitrogen and oxygen atoms in total. The minimum absolute atomic E-state index is 0.0176. The van der Waals surface area contributed by atoms with Gasteiger partial charge in [-0.2, -0.15) is 0 Å². The topological polar surface area (TPSA) is 64.1 Å². The second kappa shape index (κ2) is 9.18.